The van der Waals surface area contributed by atoms with Gasteiger partial charge in [-0.1, -0.05) is 0 Å². The van der Waals surface area contributed by atoms with E-state index in [1.807, 2.05) is 0 Å². The van der Waals surface area contributed by atoms with Gasteiger partial charge >= 0.3 is 0 Å². The molecule has 0 aromatic heterocycles. The van der Waals surface area contributed by atoms with E-state index in [0.717, 1.165) is 32.0 Å². The van der Waals surface area contributed by atoms with Crippen molar-refractivity contribution in [2.24, 2.45) is 5.92 Å². The maximum Gasteiger partial charge on any atom is 0.0507 e. The van der Waals surface area contributed by atoms with Gasteiger partial charge in [0.2, 0.25) is 0 Å². The standard InChI is InChI=1S/C10H18ClNO/c11-10-1-4-12(5-2-10)7-9-3-6-13-8-9/h9-10H,1-8H2. The van der Waals surface area contributed by atoms with Crippen LogP contribution < -0.4 is 0 Å². The largest absolute Gasteiger partial charge is 0.381 e. The summed E-state index contributed by atoms with van der Waals surface area (Å²) >= 11 is 6.05. The van der Waals surface area contributed by atoms with Gasteiger partial charge in [0.1, 0.15) is 0 Å². The summed E-state index contributed by atoms with van der Waals surface area (Å²) in [5.74, 6) is 0.784. The zero-order chi connectivity index (χ0) is 9.10. The predicted octanol–water partition coefficient (Wildman–Crippen LogP) is 1.73. The third-order valence-corrected chi connectivity index (χ3v) is 3.49. The first-order chi connectivity index (χ1) is 6.34. The van der Waals surface area contributed by atoms with Crippen LogP contribution in [0, 0.1) is 5.92 Å². The first-order valence-electron chi connectivity index (χ1n) is 5.29. The first kappa shape index (κ1) is 9.75. The summed E-state index contributed by atoms with van der Waals surface area (Å²) < 4.78 is 5.37. The Balaban J connectivity index is 1.69. The molecular formula is C10H18ClNO. The molecule has 0 aromatic carbocycles. The second-order valence-electron chi connectivity index (χ2n) is 4.20. The lowest BCUT2D eigenvalue weighted by Crippen LogP contribution is -2.37. The number of alkyl halides is 1. The molecule has 0 bridgehead atoms. The Kier molecular flexibility index (Phi) is 3.47. The van der Waals surface area contributed by atoms with E-state index in [-0.39, 0.29) is 0 Å². The monoisotopic (exact) mass is 203 g/mol. The van der Waals surface area contributed by atoms with Crippen LogP contribution in [0.5, 0.6) is 0 Å². The summed E-state index contributed by atoms with van der Waals surface area (Å²) in [7, 11) is 0. The number of likely N-dealkylation sites (tertiary alicyclic amines) is 1. The Morgan fingerprint density at radius 3 is 2.62 bits per heavy atom. The number of piperidine rings is 1. The third-order valence-electron chi connectivity index (χ3n) is 3.06. The summed E-state index contributed by atoms with van der Waals surface area (Å²) in [6.45, 7) is 5.54. The first-order valence-corrected chi connectivity index (χ1v) is 5.72. The highest BCUT2D eigenvalue weighted by molar-refractivity contribution is 6.20. The van der Waals surface area contributed by atoms with Crippen molar-refractivity contribution in [3.05, 3.63) is 0 Å². The average molecular weight is 204 g/mol. The molecule has 76 valence electrons. The minimum Gasteiger partial charge on any atom is -0.381 e. The van der Waals surface area contributed by atoms with Crippen LogP contribution in [-0.2, 0) is 4.74 Å². The van der Waals surface area contributed by atoms with Gasteiger partial charge < -0.3 is 9.64 Å². The second kappa shape index (κ2) is 4.63. The fourth-order valence-electron chi connectivity index (χ4n) is 2.18. The molecule has 0 aromatic rings. The molecule has 2 nitrogen and oxygen atoms in total. The molecule has 2 rings (SSSR count). The molecule has 2 fully saturated rings. The smallest absolute Gasteiger partial charge is 0.0507 e. The van der Waals surface area contributed by atoms with Gasteiger partial charge in [0, 0.05) is 18.5 Å². The lowest BCUT2D eigenvalue weighted by atomic mass is 10.1. The lowest BCUT2D eigenvalue weighted by molar-refractivity contribution is 0.158. The maximum absolute atomic E-state index is 6.05. The molecule has 0 radical (unpaired) electrons. The summed E-state index contributed by atoms with van der Waals surface area (Å²) in [6.07, 6.45) is 3.57. The van der Waals surface area contributed by atoms with Gasteiger partial charge in [-0.15, -0.1) is 11.6 Å². The molecule has 0 spiro atoms. The molecule has 3 heteroatoms. The molecule has 1 unspecified atom stereocenters. The zero-order valence-electron chi connectivity index (χ0n) is 8.04. The Morgan fingerprint density at radius 1 is 1.23 bits per heavy atom. The van der Waals surface area contributed by atoms with Crippen LogP contribution in [0.25, 0.3) is 0 Å². The lowest BCUT2D eigenvalue weighted by Gasteiger charge is -2.30. The van der Waals surface area contributed by atoms with E-state index >= 15 is 0 Å². The number of rotatable bonds is 2. The van der Waals surface area contributed by atoms with Gasteiger partial charge in [0.25, 0.3) is 0 Å². The molecule has 0 saturated carbocycles. The fraction of sp³-hybridized carbons (Fsp3) is 1.00. The van der Waals surface area contributed by atoms with Crippen LogP contribution in [0.3, 0.4) is 0 Å². The van der Waals surface area contributed by atoms with Crippen molar-refractivity contribution in [2.45, 2.75) is 24.6 Å². The van der Waals surface area contributed by atoms with Gasteiger partial charge in [0.15, 0.2) is 0 Å². The quantitative estimate of drug-likeness (QED) is 0.634. The van der Waals surface area contributed by atoms with Gasteiger partial charge in [-0.05, 0) is 38.3 Å². The highest BCUT2D eigenvalue weighted by Gasteiger charge is 2.22. The van der Waals surface area contributed by atoms with Crippen LogP contribution in [0.4, 0.5) is 0 Å². The molecule has 0 N–H and O–H groups in total. The molecule has 2 aliphatic rings. The van der Waals surface area contributed by atoms with E-state index in [4.69, 9.17) is 16.3 Å². The average Bonchev–Trinajstić information content (AvgIpc) is 2.62. The second-order valence-corrected chi connectivity index (χ2v) is 4.82. The van der Waals surface area contributed by atoms with Crippen LogP contribution >= 0.6 is 11.6 Å². The van der Waals surface area contributed by atoms with Crippen LogP contribution in [0.15, 0.2) is 0 Å². The number of nitrogens with zero attached hydrogens (tertiary/aromatic N) is 1. The molecule has 0 amide bonds. The fourth-order valence-corrected chi connectivity index (χ4v) is 2.37. The molecule has 2 saturated heterocycles. The summed E-state index contributed by atoms with van der Waals surface area (Å²) in [4.78, 5) is 2.54. The van der Waals surface area contributed by atoms with E-state index in [9.17, 15) is 0 Å². The van der Waals surface area contributed by atoms with Gasteiger partial charge in [-0.2, -0.15) is 0 Å². The molecule has 2 aliphatic heterocycles. The van der Waals surface area contributed by atoms with Crippen molar-refractivity contribution < 1.29 is 4.74 Å². The van der Waals surface area contributed by atoms with Gasteiger partial charge in [-0.3, -0.25) is 0 Å². The Morgan fingerprint density at radius 2 is 2.00 bits per heavy atom. The van der Waals surface area contributed by atoms with Crippen LogP contribution in [0.1, 0.15) is 19.3 Å². The van der Waals surface area contributed by atoms with Crippen molar-refractivity contribution >= 4 is 11.6 Å². The van der Waals surface area contributed by atoms with Crippen molar-refractivity contribution in [1.82, 2.24) is 4.90 Å². The highest BCUT2D eigenvalue weighted by Crippen LogP contribution is 2.19. The Hall–Kier alpha value is 0.210. The SMILES string of the molecule is ClC1CCN(CC2CCOC2)CC1. The van der Waals surface area contributed by atoms with E-state index < -0.39 is 0 Å². The van der Waals surface area contributed by atoms with E-state index in [2.05, 4.69) is 4.90 Å². The van der Waals surface area contributed by atoms with Crippen LogP contribution in [-0.4, -0.2) is 43.1 Å². The summed E-state index contributed by atoms with van der Waals surface area (Å²) in [6, 6.07) is 0. The minimum absolute atomic E-state index is 0.427. The summed E-state index contributed by atoms with van der Waals surface area (Å²) in [5, 5.41) is 0.427. The zero-order valence-corrected chi connectivity index (χ0v) is 8.80. The minimum atomic E-state index is 0.427. The maximum atomic E-state index is 6.05. The molecule has 2 heterocycles. The van der Waals surface area contributed by atoms with E-state index in [1.54, 1.807) is 0 Å². The summed E-state index contributed by atoms with van der Waals surface area (Å²) in [5.41, 5.74) is 0. The normalized spacial score (nSPS) is 32.5. The number of halogens is 1. The topological polar surface area (TPSA) is 12.5 Å². The van der Waals surface area contributed by atoms with Crippen molar-refractivity contribution in [2.75, 3.05) is 32.8 Å². The van der Waals surface area contributed by atoms with Crippen molar-refractivity contribution in [3.63, 3.8) is 0 Å². The van der Waals surface area contributed by atoms with E-state index in [0.29, 0.717) is 5.38 Å². The molecular weight excluding hydrogens is 186 g/mol. The van der Waals surface area contributed by atoms with Gasteiger partial charge in [0.05, 0.1) is 6.61 Å². The number of hydrogen-bond donors (Lipinski definition) is 0. The van der Waals surface area contributed by atoms with Crippen molar-refractivity contribution in [1.29, 1.82) is 0 Å². The van der Waals surface area contributed by atoms with Gasteiger partial charge in [-0.25, -0.2) is 0 Å². The highest BCUT2D eigenvalue weighted by atomic mass is 35.5. The third kappa shape index (κ3) is 2.83. The Bertz CT molecular complexity index is 151. The van der Waals surface area contributed by atoms with Crippen LogP contribution in [0.2, 0.25) is 0 Å². The predicted molar refractivity (Wildman–Crippen MR) is 54.2 cm³/mol. The molecule has 0 aliphatic carbocycles. The number of hydrogen-bond acceptors (Lipinski definition) is 2. The molecule has 13 heavy (non-hydrogen) atoms. The molecule has 1 atom stereocenters. The Labute approximate surface area is 85.2 Å². The number of ether oxygens (including phenoxy) is 1. The van der Waals surface area contributed by atoms with E-state index in [1.165, 1.54) is 26.1 Å². The van der Waals surface area contributed by atoms with Crippen molar-refractivity contribution in [3.8, 4) is 0 Å².